The molecule has 6 N–H and O–H groups in total. The molecule has 0 aliphatic rings. The van der Waals surface area contributed by atoms with Crippen LogP contribution in [0, 0.1) is 0 Å². The molecule has 0 bridgehead atoms. The number of benzene rings is 4. The van der Waals surface area contributed by atoms with Gasteiger partial charge in [-0.05, 0) is 97.8 Å². The van der Waals surface area contributed by atoms with Crippen molar-refractivity contribution in [1.82, 2.24) is 9.97 Å². The lowest BCUT2D eigenvalue weighted by molar-refractivity contribution is -0.137. The Balaban J connectivity index is 0.000000215. The van der Waals surface area contributed by atoms with Crippen molar-refractivity contribution in [3.8, 4) is 11.5 Å². The first-order valence-electron chi connectivity index (χ1n) is 17.4. The molecule has 0 aliphatic carbocycles. The average Bonchev–Trinajstić information content (AvgIpc) is 3.95. The van der Waals surface area contributed by atoms with Gasteiger partial charge in [0.2, 0.25) is 5.91 Å². The number of thiazole rings is 2. The Labute approximate surface area is 367 Å². The average molecular weight is 919 g/mol. The maximum Gasteiger partial charge on any atom is 0.303 e. The van der Waals surface area contributed by atoms with Gasteiger partial charge in [-0.2, -0.15) is 0 Å². The number of nitrogens with two attached hydrogens (primary N) is 1. The van der Waals surface area contributed by atoms with E-state index in [1.165, 1.54) is 22.7 Å². The Morgan fingerprint density at radius 1 is 0.610 bits per heavy atom. The van der Waals surface area contributed by atoms with Gasteiger partial charge in [-0.25, -0.2) is 9.97 Å². The molecule has 0 aliphatic heterocycles. The zero-order valence-corrected chi connectivity index (χ0v) is 35.5. The normalized spacial score (nSPS) is 10.2. The molecule has 59 heavy (non-hydrogen) atoms. The van der Waals surface area contributed by atoms with E-state index in [2.05, 4.69) is 25.9 Å². The van der Waals surface area contributed by atoms with E-state index < -0.39 is 5.97 Å². The molecule has 308 valence electrons. The summed E-state index contributed by atoms with van der Waals surface area (Å²) in [6.07, 6.45) is 4.55. The maximum atomic E-state index is 12.1. The van der Waals surface area contributed by atoms with Gasteiger partial charge in [0.1, 0.15) is 11.5 Å². The zero-order valence-electron chi connectivity index (χ0n) is 30.8. The number of nitrogens with one attached hydrogen (secondary N) is 3. The van der Waals surface area contributed by atoms with Crippen molar-refractivity contribution >= 4 is 116 Å². The van der Waals surface area contributed by atoms with Crippen molar-refractivity contribution in [1.29, 1.82) is 0 Å². The molecule has 0 radical (unpaired) electrons. The van der Waals surface area contributed by atoms with Crippen molar-refractivity contribution in [2.75, 3.05) is 34.9 Å². The van der Waals surface area contributed by atoms with Gasteiger partial charge in [-0.15, -0.1) is 22.7 Å². The highest BCUT2D eigenvalue weighted by molar-refractivity contribution is 7.12. The first-order chi connectivity index (χ1) is 28.4. The topological polar surface area (TPSA) is 195 Å². The van der Waals surface area contributed by atoms with Gasteiger partial charge >= 0.3 is 5.97 Å². The first kappa shape index (κ1) is 46.3. The van der Waals surface area contributed by atoms with Gasteiger partial charge < -0.3 is 36.3 Å². The van der Waals surface area contributed by atoms with Crippen LogP contribution in [0.25, 0.3) is 0 Å². The molecule has 0 unspecified atom stereocenters. The minimum Gasteiger partial charge on any atom is -0.492 e. The quantitative estimate of drug-likeness (QED) is 0.0489. The first-order valence-corrected chi connectivity index (χ1v) is 20.7. The monoisotopic (exact) mass is 916 g/mol. The predicted molar refractivity (Wildman–Crippen MR) is 236 cm³/mol. The number of amides is 3. The van der Waals surface area contributed by atoms with Crippen molar-refractivity contribution in [3.63, 3.8) is 0 Å². The number of nitrogen functional groups attached to an aromatic ring is 1. The maximum absolute atomic E-state index is 12.1. The summed E-state index contributed by atoms with van der Waals surface area (Å²) in [4.78, 5) is 53.7. The summed E-state index contributed by atoms with van der Waals surface area (Å²) in [5.41, 5.74) is 8.17. The number of carbonyl (C=O) groups excluding carboxylic acids is 3. The number of carboxylic acids is 1. The number of carboxylic acid groups (broad SMARTS) is 1. The third kappa shape index (κ3) is 17.1. The number of ether oxygens (including phenoxy) is 2. The molecule has 0 atom stereocenters. The number of carbonyl (C=O) groups is 4. The number of hydrogen-bond donors (Lipinski definition) is 5. The van der Waals surface area contributed by atoms with E-state index in [1.807, 2.05) is 0 Å². The van der Waals surface area contributed by atoms with E-state index in [1.54, 1.807) is 108 Å². The van der Waals surface area contributed by atoms with E-state index >= 15 is 0 Å². The van der Waals surface area contributed by atoms with Crippen LogP contribution in [-0.4, -0.2) is 52.0 Å². The Kier molecular flexibility index (Phi) is 19.2. The summed E-state index contributed by atoms with van der Waals surface area (Å²) in [6, 6.07) is 23.7. The largest absolute Gasteiger partial charge is 0.492 e. The molecule has 0 fully saturated rings. The summed E-state index contributed by atoms with van der Waals surface area (Å²) >= 11 is 26.0. The van der Waals surface area contributed by atoms with Gasteiger partial charge in [0.25, 0.3) is 11.8 Å². The molecule has 13 nitrogen and oxygen atoms in total. The lowest BCUT2D eigenvalue weighted by Gasteiger charge is -2.09. The number of nitrogens with zero attached hydrogens (tertiary/aromatic N) is 2. The van der Waals surface area contributed by atoms with Crippen LogP contribution < -0.4 is 31.2 Å². The van der Waals surface area contributed by atoms with E-state index in [-0.39, 0.29) is 24.1 Å². The lowest BCUT2D eigenvalue weighted by atomic mass is 10.2. The van der Waals surface area contributed by atoms with Crippen molar-refractivity contribution in [2.45, 2.75) is 25.7 Å². The molecular formula is C40H36Cl4N6O7S2. The second-order valence-electron chi connectivity index (χ2n) is 11.8. The second-order valence-corrected chi connectivity index (χ2v) is 15.3. The second kappa shape index (κ2) is 24.5. The fraction of sp³-hybridized carbons (Fsp3) is 0.150. The zero-order chi connectivity index (χ0) is 42.6. The van der Waals surface area contributed by atoms with Gasteiger partial charge in [0.05, 0.1) is 23.3 Å². The van der Waals surface area contributed by atoms with E-state index in [0.717, 1.165) is 0 Å². The molecule has 0 saturated heterocycles. The van der Waals surface area contributed by atoms with Crippen molar-refractivity contribution in [3.05, 3.63) is 138 Å². The summed E-state index contributed by atoms with van der Waals surface area (Å²) in [6.45, 7) is 0.685. The Hall–Kier alpha value is -5.42. The highest BCUT2D eigenvalue weighted by Gasteiger charge is 2.10. The van der Waals surface area contributed by atoms with E-state index in [9.17, 15) is 19.2 Å². The van der Waals surface area contributed by atoms with E-state index in [0.29, 0.717) is 96.8 Å². The lowest BCUT2D eigenvalue weighted by Crippen LogP contribution is -2.13. The number of aliphatic carboxylic acids is 1. The SMILES string of the molecule is Nc1ccc(NC(=O)c2nccs2)cc1.O=C(CCCOc1ccc(Cl)cc1Cl)Nc1ccc(NC(=O)c2nccs2)cc1.O=C(O)CCCOc1ccc(Cl)cc1Cl. The van der Waals surface area contributed by atoms with Gasteiger partial charge in [0.15, 0.2) is 10.0 Å². The predicted octanol–water partition coefficient (Wildman–Crippen LogP) is 10.7. The summed E-state index contributed by atoms with van der Waals surface area (Å²) in [5.74, 6) is -0.373. The molecule has 0 saturated carbocycles. The Morgan fingerprint density at radius 3 is 1.44 bits per heavy atom. The Morgan fingerprint density at radius 2 is 1.03 bits per heavy atom. The smallest absolute Gasteiger partial charge is 0.303 e. The Bertz CT molecular complexity index is 2270. The van der Waals surface area contributed by atoms with Crippen LogP contribution in [0.2, 0.25) is 20.1 Å². The van der Waals surface area contributed by atoms with Crippen LogP contribution >= 0.6 is 69.1 Å². The van der Waals surface area contributed by atoms with Crippen molar-refractivity contribution in [2.24, 2.45) is 0 Å². The molecule has 19 heteroatoms. The minimum absolute atomic E-state index is 0.0885. The molecule has 3 amide bonds. The van der Waals surface area contributed by atoms with Crippen LogP contribution in [0.1, 0.15) is 45.3 Å². The fourth-order valence-corrected chi connectivity index (χ4v) is 6.46. The minimum atomic E-state index is -0.833. The molecule has 4 aromatic carbocycles. The number of rotatable bonds is 15. The highest BCUT2D eigenvalue weighted by atomic mass is 35.5. The van der Waals surface area contributed by atoms with Gasteiger partial charge in [-0.3, -0.25) is 19.2 Å². The van der Waals surface area contributed by atoms with Crippen molar-refractivity contribution < 1.29 is 33.8 Å². The number of halogens is 4. The summed E-state index contributed by atoms with van der Waals surface area (Å²) in [7, 11) is 0. The number of aromatic nitrogens is 2. The molecule has 6 aromatic rings. The van der Waals surface area contributed by atoms with Crippen LogP contribution in [0.15, 0.2) is 108 Å². The van der Waals surface area contributed by atoms with Crippen LogP contribution in [0.5, 0.6) is 11.5 Å². The molecular weight excluding hydrogens is 882 g/mol. The molecule has 2 aromatic heterocycles. The highest BCUT2D eigenvalue weighted by Crippen LogP contribution is 2.28. The van der Waals surface area contributed by atoms with Gasteiger partial charge in [-0.1, -0.05) is 46.4 Å². The number of anilines is 4. The van der Waals surface area contributed by atoms with Crippen LogP contribution in [-0.2, 0) is 9.59 Å². The van der Waals surface area contributed by atoms with Gasteiger partial charge in [0, 0.05) is 68.8 Å². The molecule has 0 spiro atoms. The van der Waals surface area contributed by atoms with Crippen LogP contribution in [0.3, 0.4) is 0 Å². The fourth-order valence-electron chi connectivity index (χ4n) is 4.47. The summed E-state index contributed by atoms with van der Waals surface area (Å²) < 4.78 is 10.8. The van der Waals surface area contributed by atoms with E-state index in [4.69, 9.17) is 66.7 Å². The molecule has 6 rings (SSSR count). The third-order valence-electron chi connectivity index (χ3n) is 7.23. The van der Waals surface area contributed by atoms with Crippen LogP contribution in [0.4, 0.5) is 22.7 Å². The molecule has 2 heterocycles. The number of hydrogen-bond acceptors (Lipinski definition) is 11. The summed E-state index contributed by atoms with van der Waals surface area (Å²) in [5, 5.41) is 23.0. The third-order valence-corrected chi connectivity index (χ3v) is 9.84. The standard InChI is InChI=1S/C20H17Cl2N3O3S.C10H10Cl2O3.C10H9N3OS/c21-13-3-8-17(16(22)12-13)28-10-1-2-18(26)24-14-4-6-15(7-5-14)25-19(27)20-23-9-11-29-20;11-7-3-4-9(8(12)6-7)15-5-1-2-10(13)14;11-7-1-3-8(4-2-7)13-9(14)10-12-5-6-15-10/h3-9,11-12H,1-2,10H2,(H,24,26)(H,25,27);3-4,6H,1-2,5H2,(H,13,14);1-6H,11H2,(H,13,14).